The van der Waals surface area contributed by atoms with Gasteiger partial charge >= 0.3 is 0 Å². The van der Waals surface area contributed by atoms with Gasteiger partial charge in [0.15, 0.2) is 0 Å². The molecule has 0 spiro atoms. The second kappa shape index (κ2) is 9.38. The Hall–Kier alpha value is -3.77. The minimum absolute atomic E-state index is 0.140. The highest BCUT2D eigenvalue weighted by Gasteiger charge is 2.39. The van der Waals surface area contributed by atoms with Crippen molar-refractivity contribution in [3.8, 4) is 11.5 Å². The number of benzene rings is 3. The van der Waals surface area contributed by atoms with Crippen molar-refractivity contribution in [2.75, 3.05) is 19.5 Å². The van der Waals surface area contributed by atoms with Gasteiger partial charge in [-0.15, -0.1) is 0 Å². The van der Waals surface area contributed by atoms with Crippen molar-refractivity contribution in [1.29, 1.82) is 0 Å². The van der Waals surface area contributed by atoms with Crippen LogP contribution in [0.4, 0.5) is 5.69 Å². The summed E-state index contributed by atoms with van der Waals surface area (Å²) in [5.41, 5.74) is 3.39. The first-order valence-corrected chi connectivity index (χ1v) is 10.7. The standard InChI is InChI=1S/C26H23ClN2O4/c1-16-21(27)5-4-6-22(16)28-24-23(18-9-13-20(33-3)14-10-18)25(30)29(26(24)31)15-17-7-11-19(32-2)12-8-17/h4-14,28H,15H2,1-3H3. The smallest absolute Gasteiger partial charge is 0.278 e. The highest BCUT2D eigenvalue weighted by molar-refractivity contribution is 6.36. The summed E-state index contributed by atoms with van der Waals surface area (Å²) in [6.45, 7) is 2.00. The summed E-state index contributed by atoms with van der Waals surface area (Å²) in [5, 5.41) is 3.74. The molecule has 1 N–H and O–H groups in total. The van der Waals surface area contributed by atoms with Gasteiger partial charge in [0, 0.05) is 10.7 Å². The lowest BCUT2D eigenvalue weighted by atomic mass is 10.0. The molecule has 1 heterocycles. The first-order chi connectivity index (χ1) is 15.9. The zero-order chi connectivity index (χ0) is 23.5. The summed E-state index contributed by atoms with van der Waals surface area (Å²) in [4.78, 5) is 28.2. The zero-order valence-corrected chi connectivity index (χ0v) is 19.3. The van der Waals surface area contributed by atoms with Gasteiger partial charge in [0.25, 0.3) is 11.8 Å². The molecule has 0 fully saturated rings. The molecule has 0 radical (unpaired) electrons. The average Bonchev–Trinajstić information content (AvgIpc) is 3.06. The Morgan fingerprint density at radius 3 is 2.06 bits per heavy atom. The van der Waals surface area contributed by atoms with Crippen molar-refractivity contribution in [1.82, 2.24) is 4.90 Å². The van der Waals surface area contributed by atoms with E-state index in [1.165, 1.54) is 4.90 Å². The summed E-state index contributed by atoms with van der Waals surface area (Å²) in [7, 11) is 3.16. The largest absolute Gasteiger partial charge is 0.497 e. The summed E-state index contributed by atoms with van der Waals surface area (Å²) in [5.74, 6) is 0.587. The summed E-state index contributed by atoms with van der Waals surface area (Å²) in [6, 6.07) is 19.7. The third-order valence-corrected chi connectivity index (χ3v) is 5.98. The van der Waals surface area contributed by atoms with E-state index in [1.807, 2.05) is 25.1 Å². The van der Waals surface area contributed by atoms with E-state index in [4.69, 9.17) is 21.1 Å². The Labute approximate surface area is 197 Å². The lowest BCUT2D eigenvalue weighted by Gasteiger charge is -2.16. The van der Waals surface area contributed by atoms with Crippen LogP contribution >= 0.6 is 11.6 Å². The van der Waals surface area contributed by atoms with Gasteiger partial charge in [0.2, 0.25) is 0 Å². The average molecular weight is 463 g/mol. The molecule has 1 aliphatic heterocycles. The van der Waals surface area contributed by atoms with Gasteiger partial charge in [0.05, 0.1) is 26.3 Å². The van der Waals surface area contributed by atoms with E-state index >= 15 is 0 Å². The van der Waals surface area contributed by atoms with Crippen LogP contribution in [0.5, 0.6) is 11.5 Å². The molecule has 0 aromatic heterocycles. The van der Waals surface area contributed by atoms with Gasteiger partial charge in [-0.3, -0.25) is 14.5 Å². The number of anilines is 1. The predicted octanol–water partition coefficient (Wildman–Crippen LogP) is 5.06. The molecule has 4 rings (SSSR count). The molecule has 0 aliphatic carbocycles. The Morgan fingerprint density at radius 2 is 1.45 bits per heavy atom. The Kier molecular flexibility index (Phi) is 6.38. The van der Waals surface area contributed by atoms with Crippen LogP contribution in [-0.2, 0) is 16.1 Å². The van der Waals surface area contributed by atoms with Gasteiger partial charge < -0.3 is 14.8 Å². The number of halogens is 1. The summed E-state index contributed by atoms with van der Waals surface area (Å²) >= 11 is 6.27. The van der Waals surface area contributed by atoms with Crippen LogP contribution in [0.3, 0.4) is 0 Å². The van der Waals surface area contributed by atoms with Crippen molar-refractivity contribution >= 4 is 34.7 Å². The normalized spacial score (nSPS) is 13.5. The van der Waals surface area contributed by atoms with Crippen LogP contribution in [0, 0.1) is 6.92 Å². The van der Waals surface area contributed by atoms with E-state index in [0.717, 1.165) is 11.1 Å². The number of rotatable bonds is 7. The van der Waals surface area contributed by atoms with Crippen LogP contribution in [0.25, 0.3) is 5.57 Å². The predicted molar refractivity (Wildman–Crippen MR) is 128 cm³/mol. The quantitative estimate of drug-likeness (QED) is 0.497. The summed E-state index contributed by atoms with van der Waals surface area (Å²) in [6.07, 6.45) is 0. The number of ether oxygens (including phenoxy) is 2. The molecule has 0 atom stereocenters. The van der Waals surface area contributed by atoms with Crippen molar-refractivity contribution in [2.45, 2.75) is 13.5 Å². The fraction of sp³-hybridized carbons (Fsp3) is 0.154. The number of carbonyl (C=O) groups is 2. The molecule has 0 saturated carbocycles. The van der Waals surface area contributed by atoms with Crippen LogP contribution in [-0.4, -0.2) is 30.9 Å². The Balaban J connectivity index is 1.73. The first-order valence-electron chi connectivity index (χ1n) is 10.3. The third kappa shape index (κ3) is 4.43. The van der Waals surface area contributed by atoms with E-state index in [0.29, 0.717) is 33.3 Å². The highest BCUT2D eigenvalue weighted by atomic mass is 35.5. The lowest BCUT2D eigenvalue weighted by molar-refractivity contribution is -0.137. The molecule has 6 nitrogen and oxygen atoms in total. The minimum atomic E-state index is -0.402. The van der Waals surface area contributed by atoms with E-state index in [1.54, 1.807) is 62.8 Å². The SMILES string of the molecule is COc1ccc(CN2C(=O)C(Nc3cccc(Cl)c3C)=C(c3ccc(OC)cc3)C2=O)cc1. The molecule has 168 valence electrons. The van der Waals surface area contributed by atoms with Gasteiger partial charge in [0.1, 0.15) is 17.2 Å². The van der Waals surface area contributed by atoms with E-state index < -0.39 is 5.91 Å². The van der Waals surface area contributed by atoms with Crippen molar-refractivity contribution in [3.63, 3.8) is 0 Å². The summed E-state index contributed by atoms with van der Waals surface area (Å²) < 4.78 is 10.4. The topological polar surface area (TPSA) is 67.9 Å². The molecule has 0 unspecified atom stereocenters. The number of hydrogen-bond donors (Lipinski definition) is 1. The molecule has 33 heavy (non-hydrogen) atoms. The fourth-order valence-corrected chi connectivity index (χ4v) is 3.83. The zero-order valence-electron chi connectivity index (χ0n) is 18.5. The van der Waals surface area contributed by atoms with Gasteiger partial charge in [-0.1, -0.05) is 41.9 Å². The molecule has 3 aromatic carbocycles. The molecular weight excluding hydrogens is 440 g/mol. The molecule has 0 bridgehead atoms. The second-order valence-electron chi connectivity index (χ2n) is 7.56. The molecule has 2 amide bonds. The number of amides is 2. The van der Waals surface area contributed by atoms with Crippen molar-refractivity contribution in [3.05, 3.63) is 94.1 Å². The fourth-order valence-electron chi connectivity index (χ4n) is 3.65. The van der Waals surface area contributed by atoms with E-state index in [2.05, 4.69) is 5.32 Å². The maximum atomic E-state index is 13.5. The number of nitrogens with zero attached hydrogens (tertiary/aromatic N) is 1. The lowest BCUT2D eigenvalue weighted by Crippen LogP contribution is -2.32. The van der Waals surface area contributed by atoms with Gasteiger partial charge in [-0.25, -0.2) is 0 Å². The van der Waals surface area contributed by atoms with E-state index in [-0.39, 0.29) is 18.1 Å². The van der Waals surface area contributed by atoms with Crippen LogP contribution < -0.4 is 14.8 Å². The molecular formula is C26H23ClN2O4. The van der Waals surface area contributed by atoms with Gasteiger partial charge in [-0.2, -0.15) is 0 Å². The maximum absolute atomic E-state index is 13.5. The molecule has 7 heteroatoms. The highest BCUT2D eigenvalue weighted by Crippen LogP contribution is 2.34. The van der Waals surface area contributed by atoms with Crippen molar-refractivity contribution < 1.29 is 19.1 Å². The maximum Gasteiger partial charge on any atom is 0.278 e. The molecule has 1 aliphatic rings. The molecule has 3 aromatic rings. The second-order valence-corrected chi connectivity index (χ2v) is 7.97. The number of hydrogen-bond acceptors (Lipinski definition) is 5. The van der Waals surface area contributed by atoms with E-state index in [9.17, 15) is 9.59 Å². The first kappa shape index (κ1) is 22.4. The van der Waals surface area contributed by atoms with Crippen LogP contribution in [0.1, 0.15) is 16.7 Å². The van der Waals surface area contributed by atoms with Crippen LogP contribution in [0.2, 0.25) is 5.02 Å². The van der Waals surface area contributed by atoms with Crippen molar-refractivity contribution in [2.24, 2.45) is 0 Å². The minimum Gasteiger partial charge on any atom is -0.497 e. The number of imide groups is 1. The monoisotopic (exact) mass is 462 g/mol. The number of carbonyl (C=O) groups excluding carboxylic acids is 2. The number of nitrogens with one attached hydrogen (secondary N) is 1. The Bertz CT molecular complexity index is 1230. The molecule has 0 saturated heterocycles. The van der Waals surface area contributed by atoms with Crippen LogP contribution in [0.15, 0.2) is 72.4 Å². The third-order valence-electron chi connectivity index (χ3n) is 5.57. The number of methoxy groups -OCH3 is 2. The Morgan fingerprint density at radius 1 is 0.848 bits per heavy atom. The van der Waals surface area contributed by atoms with Gasteiger partial charge in [-0.05, 0) is 60.0 Å².